The van der Waals surface area contributed by atoms with Gasteiger partial charge < -0.3 is 4.74 Å². The van der Waals surface area contributed by atoms with Gasteiger partial charge >= 0.3 is 0 Å². The van der Waals surface area contributed by atoms with E-state index in [4.69, 9.17) is 4.74 Å². The summed E-state index contributed by atoms with van der Waals surface area (Å²) in [5.41, 5.74) is 1.69. The predicted molar refractivity (Wildman–Crippen MR) is 117 cm³/mol. The minimum atomic E-state index is -0.821. The highest BCUT2D eigenvalue weighted by Crippen LogP contribution is 2.40. The molecule has 0 saturated carbocycles. The van der Waals surface area contributed by atoms with Crippen molar-refractivity contribution in [1.29, 1.82) is 0 Å². The fraction of sp³-hybridized carbons (Fsp3) is 0.435. The molecule has 0 atom stereocenters. The molecule has 0 N–H and O–H groups in total. The highest BCUT2D eigenvalue weighted by atomic mass is 32.2. The van der Waals surface area contributed by atoms with Gasteiger partial charge in [0.25, 0.3) is 0 Å². The van der Waals surface area contributed by atoms with E-state index in [0.717, 1.165) is 11.1 Å². The van der Waals surface area contributed by atoms with Gasteiger partial charge in [-0.05, 0) is 51.7 Å². The van der Waals surface area contributed by atoms with Crippen molar-refractivity contribution >= 4 is 23.3 Å². The Labute approximate surface area is 164 Å². The molecular weight excluding hydrogens is 340 g/mol. The third kappa shape index (κ3) is 5.63. The first-order valence-corrected chi connectivity index (χ1v) is 10.6. The maximum Gasteiger partial charge on any atom is 0.210 e. The molecule has 26 heavy (non-hydrogen) atoms. The van der Waals surface area contributed by atoms with E-state index in [-0.39, 0.29) is 5.78 Å². The van der Waals surface area contributed by atoms with Gasteiger partial charge in [-0.15, -0.1) is 11.8 Å². The molecule has 0 spiro atoms. The second-order valence-corrected chi connectivity index (χ2v) is 6.50. The van der Waals surface area contributed by atoms with Gasteiger partial charge in [0.15, 0.2) is 5.60 Å². The zero-order chi connectivity index (χ0) is 20.3. The largest absolute Gasteiger partial charge is 0.478 e. The molecule has 1 heterocycles. The summed E-state index contributed by atoms with van der Waals surface area (Å²) in [6.45, 7) is 15.5. The number of allylic oxidation sites excluding steroid dienone is 4. The van der Waals surface area contributed by atoms with Crippen molar-refractivity contribution < 1.29 is 9.53 Å². The Bertz CT molecular complexity index is 662. The number of thioether (sulfide) groups is 1. The van der Waals surface area contributed by atoms with Crippen LogP contribution >= 0.6 is 11.8 Å². The molecule has 0 fully saturated rings. The minimum absolute atomic E-state index is 0.0302. The van der Waals surface area contributed by atoms with Crippen LogP contribution in [-0.2, 0) is 9.53 Å². The fourth-order valence-electron chi connectivity index (χ4n) is 2.47. The van der Waals surface area contributed by atoms with E-state index in [1.165, 1.54) is 4.90 Å². The standard InChI is InChI=1S/C19H22O2S.2C2H6/c1-6-8-13(7-2)16-17(21-19(3,4)18(16)20)14-9-11-15(22-5)12-10-14;2*1-2/h6-12H,1-5H3;2*1-2H3/b8-6-,13-7+;;. The first-order valence-electron chi connectivity index (χ1n) is 9.36. The monoisotopic (exact) mass is 374 g/mol. The lowest BCUT2D eigenvalue weighted by Gasteiger charge is -2.17. The van der Waals surface area contributed by atoms with Gasteiger partial charge in [-0.1, -0.05) is 58.1 Å². The van der Waals surface area contributed by atoms with Crippen LogP contribution in [0, 0.1) is 0 Å². The van der Waals surface area contributed by atoms with Crippen LogP contribution in [-0.4, -0.2) is 17.6 Å². The number of hydrogen-bond donors (Lipinski definition) is 0. The first kappa shape index (κ1) is 24.3. The molecule has 0 radical (unpaired) electrons. The highest BCUT2D eigenvalue weighted by molar-refractivity contribution is 7.98. The number of ketones is 1. The summed E-state index contributed by atoms with van der Waals surface area (Å²) >= 11 is 1.69. The Hall–Kier alpha value is -1.74. The van der Waals surface area contributed by atoms with Crippen LogP contribution in [0.15, 0.2) is 58.5 Å². The summed E-state index contributed by atoms with van der Waals surface area (Å²) in [6, 6.07) is 8.13. The van der Waals surface area contributed by atoms with E-state index in [2.05, 4.69) is 12.1 Å². The van der Waals surface area contributed by atoms with Crippen LogP contribution in [0.3, 0.4) is 0 Å². The van der Waals surface area contributed by atoms with Crippen LogP contribution in [0.2, 0.25) is 0 Å². The quantitative estimate of drug-likeness (QED) is 0.416. The molecule has 144 valence electrons. The number of benzene rings is 1. The number of Topliss-reactive ketones (excluding diaryl/α,β-unsaturated/α-hetero) is 1. The van der Waals surface area contributed by atoms with Crippen LogP contribution in [0.1, 0.15) is 61.0 Å². The number of carbonyl (C=O) groups excluding carboxylic acids is 1. The maximum absolute atomic E-state index is 12.7. The lowest BCUT2D eigenvalue weighted by atomic mass is 9.92. The fourth-order valence-corrected chi connectivity index (χ4v) is 2.88. The van der Waals surface area contributed by atoms with Crippen molar-refractivity contribution in [3.05, 3.63) is 59.2 Å². The normalized spacial score (nSPS) is 15.9. The highest BCUT2D eigenvalue weighted by Gasteiger charge is 2.42. The second-order valence-electron chi connectivity index (χ2n) is 5.62. The van der Waals surface area contributed by atoms with Gasteiger partial charge in [-0.25, -0.2) is 0 Å². The van der Waals surface area contributed by atoms with Gasteiger partial charge in [0, 0.05) is 10.5 Å². The number of ether oxygens (including phenoxy) is 1. The SMILES string of the molecule is C/C=C\C(=C/C)C1=C(c2ccc(SC)cc2)OC(C)(C)C1=O.CC.CC. The number of hydrogen-bond acceptors (Lipinski definition) is 3. The summed E-state index contributed by atoms with van der Waals surface area (Å²) in [5, 5.41) is 0. The average Bonchev–Trinajstić information content (AvgIpc) is 2.93. The lowest BCUT2D eigenvalue weighted by Crippen LogP contribution is -2.29. The molecule has 1 aliphatic rings. The second kappa shape index (κ2) is 11.8. The van der Waals surface area contributed by atoms with E-state index in [0.29, 0.717) is 11.3 Å². The molecule has 2 nitrogen and oxygen atoms in total. The molecule has 2 rings (SSSR count). The Morgan fingerprint density at radius 2 is 1.58 bits per heavy atom. The van der Waals surface area contributed by atoms with E-state index in [1.54, 1.807) is 11.8 Å². The summed E-state index contributed by atoms with van der Waals surface area (Å²) in [6.07, 6.45) is 7.89. The zero-order valence-electron chi connectivity index (χ0n) is 17.8. The molecule has 0 aromatic heterocycles. The molecule has 1 aliphatic heterocycles. The van der Waals surface area contributed by atoms with E-state index in [9.17, 15) is 4.79 Å². The summed E-state index contributed by atoms with van der Waals surface area (Å²) in [7, 11) is 0. The van der Waals surface area contributed by atoms with E-state index < -0.39 is 5.60 Å². The van der Waals surface area contributed by atoms with Crippen molar-refractivity contribution in [3.63, 3.8) is 0 Å². The minimum Gasteiger partial charge on any atom is -0.478 e. The predicted octanol–water partition coefficient (Wildman–Crippen LogP) is 7.07. The molecule has 0 amide bonds. The third-order valence-electron chi connectivity index (χ3n) is 3.66. The Morgan fingerprint density at radius 1 is 1.04 bits per heavy atom. The number of carbonyl (C=O) groups is 1. The van der Waals surface area contributed by atoms with Crippen molar-refractivity contribution in [2.24, 2.45) is 0 Å². The average molecular weight is 375 g/mol. The number of rotatable bonds is 4. The smallest absolute Gasteiger partial charge is 0.210 e. The van der Waals surface area contributed by atoms with E-state index in [1.807, 2.05) is 92.0 Å². The Kier molecular flexibility index (Phi) is 11.0. The van der Waals surface area contributed by atoms with Crippen molar-refractivity contribution in [3.8, 4) is 0 Å². The molecule has 0 saturated heterocycles. The molecule has 0 aliphatic carbocycles. The zero-order valence-corrected chi connectivity index (χ0v) is 18.6. The van der Waals surface area contributed by atoms with Crippen LogP contribution in [0.25, 0.3) is 5.76 Å². The van der Waals surface area contributed by atoms with Crippen LogP contribution in [0.5, 0.6) is 0 Å². The molecule has 1 aromatic carbocycles. The van der Waals surface area contributed by atoms with Crippen LogP contribution < -0.4 is 0 Å². The Balaban J connectivity index is 0.00000146. The van der Waals surface area contributed by atoms with Gasteiger partial charge in [-0.3, -0.25) is 4.79 Å². The molecule has 3 heteroatoms. The van der Waals surface area contributed by atoms with Gasteiger partial charge in [-0.2, -0.15) is 0 Å². The van der Waals surface area contributed by atoms with Gasteiger partial charge in [0.1, 0.15) is 5.76 Å². The maximum atomic E-state index is 12.7. The Morgan fingerprint density at radius 3 is 2.00 bits per heavy atom. The molecule has 0 bridgehead atoms. The van der Waals surface area contributed by atoms with Crippen molar-refractivity contribution in [2.45, 2.75) is 65.9 Å². The molecule has 1 aromatic rings. The molecule has 0 unspecified atom stereocenters. The topological polar surface area (TPSA) is 26.3 Å². The first-order chi connectivity index (χ1) is 12.4. The van der Waals surface area contributed by atoms with E-state index >= 15 is 0 Å². The third-order valence-corrected chi connectivity index (χ3v) is 4.40. The summed E-state index contributed by atoms with van der Waals surface area (Å²) in [5.74, 6) is 0.705. The summed E-state index contributed by atoms with van der Waals surface area (Å²) < 4.78 is 6.01. The lowest BCUT2D eigenvalue weighted by molar-refractivity contribution is -0.126. The van der Waals surface area contributed by atoms with Gasteiger partial charge in [0.2, 0.25) is 5.78 Å². The van der Waals surface area contributed by atoms with Crippen molar-refractivity contribution in [2.75, 3.05) is 6.26 Å². The van der Waals surface area contributed by atoms with Crippen molar-refractivity contribution in [1.82, 2.24) is 0 Å². The molecular formula is C23H34O2S. The van der Waals surface area contributed by atoms with Crippen LogP contribution in [0.4, 0.5) is 0 Å². The van der Waals surface area contributed by atoms with Gasteiger partial charge in [0.05, 0.1) is 5.57 Å². The summed E-state index contributed by atoms with van der Waals surface area (Å²) in [4.78, 5) is 13.9.